The number of rotatable bonds is 5. The lowest BCUT2D eigenvalue weighted by Gasteiger charge is -2.19. The summed E-state index contributed by atoms with van der Waals surface area (Å²) in [5, 5.41) is 9.45. The molecule has 1 aliphatic heterocycles. The van der Waals surface area contributed by atoms with E-state index in [1.165, 1.54) is 5.56 Å². The van der Waals surface area contributed by atoms with Crippen LogP contribution in [0, 0.1) is 11.7 Å². The molecule has 2 atom stereocenters. The van der Waals surface area contributed by atoms with Gasteiger partial charge in [-0.15, -0.1) is 0 Å². The Bertz CT molecular complexity index is 842. The number of benzene rings is 1. The molecule has 5 N–H and O–H groups in total. The number of carbonyl (C=O) groups excluding carboxylic acids is 1. The number of primary amides is 1. The van der Waals surface area contributed by atoms with Gasteiger partial charge in [0, 0.05) is 24.0 Å². The molecule has 136 valence electrons. The van der Waals surface area contributed by atoms with Crippen LogP contribution in [-0.4, -0.2) is 28.5 Å². The number of hydrogen-bond donors (Lipinski definition) is 4. The molecule has 7 nitrogen and oxygen atoms in total. The molecule has 2 heterocycles. The fraction of sp³-hybridized carbons (Fsp3) is 0.389. The van der Waals surface area contributed by atoms with E-state index >= 15 is 0 Å². The van der Waals surface area contributed by atoms with Gasteiger partial charge in [0.2, 0.25) is 11.9 Å². The van der Waals surface area contributed by atoms with E-state index in [9.17, 15) is 9.18 Å². The number of nitrogens with two attached hydrogens (primary N) is 1. The monoisotopic (exact) mass is 356 g/mol. The van der Waals surface area contributed by atoms with Gasteiger partial charge in [-0.3, -0.25) is 4.79 Å². The molecule has 1 fully saturated rings. The normalized spacial score (nSPS) is 21.1. The van der Waals surface area contributed by atoms with Crippen molar-refractivity contribution in [3.63, 3.8) is 0 Å². The maximum absolute atomic E-state index is 14.1. The Morgan fingerprint density at radius 2 is 2.23 bits per heavy atom. The molecule has 0 radical (unpaired) electrons. The molecule has 2 aromatic rings. The number of amides is 1. The highest BCUT2D eigenvalue weighted by molar-refractivity contribution is 5.78. The lowest BCUT2D eigenvalue weighted by atomic mass is 10.0. The summed E-state index contributed by atoms with van der Waals surface area (Å²) in [6.07, 6.45) is 4.46. The van der Waals surface area contributed by atoms with Crippen LogP contribution < -0.4 is 21.7 Å². The highest BCUT2D eigenvalue weighted by Crippen LogP contribution is 2.30. The first-order chi connectivity index (χ1) is 12.6. The topological polar surface area (TPSA) is 105 Å². The molecule has 26 heavy (non-hydrogen) atoms. The number of nitrogens with one attached hydrogen (secondary N) is 3. The molecular formula is C18H21FN6O. The summed E-state index contributed by atoms with van der Waals surface area (Å²) in [7, 11) is 0. The van der Waals surface area contributed by atoms with Crippen molar-refractivity contribution in [2.24, 2.45) is 11.7 Å². The summed E-state index contributed by atoms with van der Waals surface area (Å²) in [5.41, 5.74) is 8.64. The van der Waals surface area contributed by atoms with Gasteiger partial charge in [0.05, 0.1) is 12.1 Å². The van der Waals surface area contributed by atoms with Crippen LogP contribution in [0.25, 0.3) is 0 Å². The molecule has 0 saturated heterocycles. The van der Waals surface area contributed by atoms with E-state index in [1.54, 1.807) is 0 Å². The second kappa shape index (κ2) is 6.78. The van der Waals surface area contributed by atoms with Crippen molar-refractivity contribution < 1.29 is 9.18 Å². The summed E-state index contributed by atoms with van der Waals surface area (Å²) in [5.74, 6) is -0.828. The van der Waals surface area contributed by atoms with Gasteiger partial charge in [-0.25, -0.2) is 9.37 Å². The zero-order valence-electron chi connectivity index (χ0n) is 14.3. The summed E-state index contributed by atoms with van der Waals surface area (Å²) < 4.78 is 14.1. The van der Waals surface area contributed by atoms with Crippen LogP contribution in [-0.2, 0) is 11.2 Å². The third kappa shape index (κ3) is 3.26. The average Bonchev–Trinajstić information content (AvgIpc) is 3.26. The van der Waals surface area contributed by atoms with Crippen LogP contribution in [0.3, 0.4) is 0 Å². The molecule has 4 rings (SSSR count). The quantitative estimate of drug-likeness (QED) is 0.656. The first-order valence-electron chi connectivity index (χ1n) is 8.82. The number of aromatic nitrogens is 2. The third-order valence-corrected chi connectivity index (χ3v) is 5.02. The van der Waals surface area contributed by atoms with Crippen LogP contribution in [0.4, 0.5) is 27.5 Å². The van der Waals surface area contributed by atoms with Crippen molar-refractivity contribution in [2.45, 2.75) is 31.7 Å². The van der Waals surface area contributed by atoms with Crippen LogP contribution in [0.15, 0.2) is 24.4 Å². The van der Waals surface area contributed by atoms with E-state index in [4.69, 9.17) is 5.73 Å². The zero-order chi connectivity index (χ0) is 18.1. The molecule has 1 saturated carbocycles. The molecular weight excluding hydrogens is 335 g/mol. The smallest absolute Gasteiger partial charge is 0.229 e. The third-order valence-electron chi connectivity index (χ3n) is 5.02. The maximum atomic E-state index is 14.1. The van der Waals surface area contributed by atoms with Gasteiger partial charge in [0.1, 0.15) is 0 Å². The Morgan fingerprint density at radius 1 is 1.35 bits per heavy atom. The molecule has 1 aromatic heterocycles. The van der Waals surface area contributed by atoms with Crippen LogP contribution in [0.2, 0.25) is 0 Å². The minimum Gasteiger partial charge on any atom is -0.384 e. The second-order valence-electron chi connectivity index (χ2n) is 6.75. The fourth-order valence-corrected chi connectivity index (χ4v) is 3.69. The highest BCUT2D eigenvalue weighted by Gasteiger charge is 2.32. The van der Waals surface area contributed by atoms with E-state index in [0.29, 0.717) is 12.4 Å². The lowest BCUT2D eigenvalue weighted by molar-refractivity contribution is -0.121. The van der Waals surface area contributed by atoms with E-state index in [-0.39, 0.29) is 23.7 Å². The molecule has 2 aliphatic rings. The van der Waals surface area contributed by atoms with Gasteiger partial charge >= 0.3 is 0 Å². The SMILES string of the molecule is NC(=O)[C@H]1CCC[C@H]1Nc1nc(Nc2ccc3c(c2)CCN3)ncc1F. The number of fused-ring (bicyclic) bond motifs is 1. The van der Waals surface area contributed by atoms with E-state index in [2.05, 4.69) is 25.9 Å². The Labute approximate surface area is 150 Å². The van der Waals surface area contributed by atoms with Crippen molar-refractivity contribution >= 4 is 29.0 Å². The molecule has 1 aliphatic carbocycles. The van der Waals surface area contributed by atoms with Crippen molar-refractivity contribution in [3.8, 4) is 0 Å². The molecule has 0 unspecified atom stereocenters. The molecule has 0 spiro atoms. The maximum Gasteiger partial charge on any atom is 0.229 e. The highest BCUT2D eigenvalue weighted by atomic mass is 19.1. The van der Waals surface area contributed by atoms with E-state index in [0.717, 1.165) is 43.4 Å². The van der Waals surface area contributed by atoms with Crippen LogP contribution in [0.5, 0.6) is 0 Å². The number of hydrogen-bond acceptors (Lipinski definition) is 6. The number of nitrogens with zero attached hydrogens (tertiary/aromatic N) is 2. The Balaban J connectivity index is 1.52. The summed E-state index contributed by atoms with van der Waals surface area (Å²) >= 11 is 0. The van der Waals surface area contributed by atoms with Crippen LogP contribution in [0.1, 0.15) is 24.8 Å². The number of carbonyl (C=O) groups is 1. The average molecular weight is 356 g/mol. The second-order valence-corrected chi connectivity index (χ2v) is 6.75. The predicted molar refractivity (Wildman–Crippen MR) is 97.9 cm³/mol. The van der Waals surface area contributed by atoms with Gasteiger partial charge in [-0.2, -0.15) is 4.98 Å². The van der Waals surface area contributed by atoms with Crippen molar-refractivity contribution in [1.82, 2.24) is 9.97 Å². The first-order valence-corrected chi connectivity index (χ1v) is 8.82. The van der Waals surface area contributed by atoms with Gasteiger partial charge in [-0.1, -0.05) is 6.42 Å². The largest absolute Gasteiger partial charge is 0.384 e. The van der Waals surface area contributed by atoms with E-state index < -0.39 is 5.82 Å². The van der Waals surface area contributed by atoms with Crippen LogP contribution >= 0.6 is 0 Å². The van der Waals surface area contributed by atoms with E-state index in [1.807, 2.05) is 18.2 Å². The molecule has 8 heteroatoms. The van der Waals surface area contributed by atoms with Gasteiger partial charge in [0.15, 0.2) is 11.6 Å². The minimum absolute atomic E-state index is 0.0866. The Morgan fingerprint density at radius 3 is 3.08 bits per heavy atom. The fourth-order valence-electron chi connectivity index (χ4n) is 3.69. The van der Waals surface area contributed by atoms with Gasteiger partial charge in [-0.05, 0) is 43.0 Å². The standard InChI is InChI=1S/C18H21FN6O/c19-13-9-22-18(23-11-4-5-14-10(8-11)6-7-21-14)25-17(13)24-15-3-1-2-12(15)16(20)26/h4-5,8-9,12,15,21H,1-3,6-7H2,(H2,20,26)(H2,22,23,24,25)/t12-,15+/m0/s1. The Hall–Kier alpha value is -2.90. The first kappa shape index (κ1) is 16.6. The molecule has 1 amide bonds. The minimum atomic E-state index is -0.552. The van der Waals surface area contributed by atoms with Crippen molar-refractivity contribution in [2.75, 3.05) is 22.5 Å². The number of halogens is 1. The predicted octanol–water partition coefficient (Wildman–Crippen LogP) is 2.39. The van der Waals surface area contributed by atoms with Crippen molar-refractivity contribution in [3.05, 3.63) is 35.8 Å². The van der Waals surface area contributed by atoms with Gasteiger partial charge < -0.3 is 21.7 Å². The summed E-state index contributed by atoms with van der Waals surface area (Å²) in [4.78, 5) is 19.8. The van der Waals surface area contributed by atoms with Gasteiger partial charge in [0.25, 0.3) is 0 Å². The molecule has 1 aromatic carbocycles. The van der Waals surface area contributed by atoms with Crippen molar-refractivity contribution in [1.29, 1.82) is 0 Å². The lowest BCUT2D eigenvalue weighted by Crippen LogP contribution is -2.34. The zero-order valence-corrected chi connectivity index (χ0v) is 14.3. The molecule has 0 bridgehead atoms. The Kier molecular flexibility index (Phi) is 4.32. The summed E-state index contributed by atoms with van der Waals surface area (Å²) in [6, 6.07) is 5.77. The summed E-state index contributed by atoms with van der Waals surface area (Å²) in [6.45, 7) is 0.933. The number of anilines is 4.